The number of hydrogen-bond donors (Lipinski definition) is 2. The molecule has 1 aromatic rings. The van der Waals surface area contributed by atoms with Crippen LogP contribution in [0.2, 0.25) is 0 Å². The lowest BCUT2D eigenvalue weighted by Crippen LogP contribution is -2.22. The lowest BCUT2D eigenvalue weighted by molar-refractivity contribution is 0.162. The highest BCUT2D eigenvalue weighted by molar-refractivity contribution is 9.10. The topological polar surface area (TPSA) is 46.2 Å². The molecule has 2 atom stereocenters. The van der Waals surface area contributed by atoms with Crippen molar-refractivity contribution in [3.63, 3.8) is 0 Å². The van der Waals surface area contributed by atoms with Crippen LogP contribution in [0, 0.1) is 0 Å². The van der Waals surface area contributed by atoms with Crippen molar-refractivity contribution in [2.45, 2.75) is 31.8 Å². The maximum Gasteiger partial charge on any atom is 0.0668 e. The van der Waals surface area contributed by atoms with Crippen LogP contribution in [0.5, 0.6) is 0 Å². The minimum Gasteiger partial charge on any atom is -0.392 e. The molecule has 0 saturated heterocycles. The van der Waals surface area contributed by atoms with E-state index in [-0.39, 0.29) is 0 Å². The summed E-state index contributed by atoms with van der Waals surface area (Å²) in [6.07, 6.45) is 1.37. The standard InChI is InChI=1S/C12H18BrNO/c1-2-9(7-12(15)8-14)10-4-3-5-11(13)6-10/h3-6,9,12,15H,2,7-8,14H2,1H3. The molecule has 3 heteroatoms. The zero-order valence-electron chi connectivity index (χ0n) is 8.99. The molecule has 0 spiro atoms. The predicted molar refractivity (Wildman–Crippen MR) is 66.9 cm³/mol. The van der Waals surface area contributed by atoms with Crippen molar-refractivity contribution in [1.82, 2.24) is 0 Å². The number of aliphatic hydroxyl groups excluding tert-OH is 1. The molecule has 0 aromatic heterocycles. The maximum atomic E-state index is 9.55. The van der Waals surface area contributed by atoms with Gasteiger partial charge in [-0.25, -0.2) is 0 Å². The van der Waals surface area contributed by atoms with E-state index in [1.807, 2.05) is 12.1 Å². The Morgan fingerprint density at radius 1 is 1.47 bits per heavy atom. The molecule has 15 heavy (non-hydrogen) atoms. The molecule has 0 bridgehead atoms. The molecule has 0 saturated carbocycles. The van der Waals surface area contributed by atoms with Crippen LogP contribution in [0.4, 0.5) is 0 Å². The molecule has 2 unspecified atom stereocenters. The minimum atomic E-state index is -0.395. The Kier molecular flexibility index (Phi) is 5.29. The molecule has 84 valence electrons. The molecule has 0 amide bonds. The van der Waals surface area contributed by atoms with E-state index >= 15 is 0 Å². The zero-order chi connectivity index (χ0) is 11.3. The first-order valence-corrected chi connectivity index (χ1v) is 6.10. The average Bonchev–Trinajstić information content (AvgIpc) is 2.25. The second kappa shape index (κ2) is 6.26. The van der Waals surface area contributed by atoms with Crippen LogP contribution in [0.15, 0.2) is 28.7 Å². The van der Waals surface area contributed by atoms with E-state index in [0.29, 0.717) is 12.5 Å². The fourth-order valence-electron chi connectivity index (χ4n) is 1.72. The third-order valence-electron chi connectivity index (χ3n) is 2.64. The molecule has 3 N–H and O–H groups in total. The van der Waals surface area contributed by atoms with Gasteiger partial charge in [0, 0.05) is 11.0 Å². The first-order chi connectivity index (χ1) is 7.17. The molecule has 2 nitrogen and oxygen atoms in total. The van der Waals surface area contributed by atoms with Gasteiger partial charge < -0.3 is 10.8 Å². The van der Waals surface area contributed by atoms with Gasteiger partial charge in [-0.15, -0.1) is 0 Å². The summed E-state index contributed by atoms with van der Waals surface area (Å²) in [5, 5.41) is 9.55. The summed E-state index contributed by atoms with van der Waals surface area (Å²) < 4.78 is 1.08. The molecule has 0 aliphatic carbocycles. The summed E-state index contributed by atoms with van der Waals surface area (Å²) in [5.41, 5.74) is 6.69. The van der Waals surface area contributed by atoms with E-state index in [0.717, 1.165) is 17.3 Å². The van der Waals surface area contributed by atoms with Crippen LogP contribution < -0.4 is 5.73 Å². The van der Waals surface area contributed by atoms with Crippen molar-refractivity contribution in [2.24, 2.45) is 5.73 Å². The highest BCUT2D eigenvalue weighted by Crippen LogP contribution is 2.26. The third kappa shape index (κ3) is 3.93. The number of benzene rings is 1. The number of hydrogen-bond acceptors (Lipinski definition) is 2. The Morgan fingerprint density at radius 2 is 2.20 bits per heavy atom. The smallest absolute Gasteiger partial charge is 0.0668 e. The first kappa shape index (κ1) is 12.7. The van der Waals surface area contributed by atoms with Gasteiger partial charge in [-0.2, -0.15) is 0 Å². The van der Waals surface area contributed by atoms with Crippen LogP contribution in [0.3, 0.4) is 0 Å². The molecule has 1 rings (SSSR count). The second-order valence-corrected chi connectivity index (χ2v) is 4.70. The largest absolute Gasteiger partial charge is 0.392 e. The lowest BCUT2D eigenvalue weighted by atomic mass is 9.91. The Balaban J connectivity index is 2.73. The fraction of sp³-hybridized carbons (Fsp3) is 0.500. The quantitative estimate of drug-likeness (QED) is 0.865. The Labute approximate surface area is 99.6 Å². The van der Waals surface area contributed by atoms with Crippen LogP contribution in [-0.2, 0) is 0 Å². The Hall–Kier alpha value is -0.380. The number of rotatable bonds is 5. The van der Waals surface area contributed by atoms with E-state index in [2.05, 4.69) is 35.0 Å². The SMILES string of the molecule is CCC(CC(O)CN)c1cccc(Br)c1. The lowest BCUT2D eigenvalue weighted by Gasteiger charge is -2.18. The van der Waals surface area contributed by atoms with Crippen molar-refractivity contribution in [3.8, 4) is 0 Å². The molecular weight excluding hydrogens is 254 g/mol. The highest BCUT2D eigenvalue weighted by atomic mass is 79.9. The summed E-state index contributed by atoms with van der Waals surface area (Å²) >= 11 is 3.46. The molecule has 0 fully saturated rings. The zero-order valence-corrected chi connectivity index (χ0v) is 10.6. The van der Waals surface area contributed by atoms with Gasteiger partial charge in [0.1, 0.15) is 0 Å². The third-order valence-corrected chi connectivity index (χ3v) is 3.13. The van der Waals surface area contributed by atoms with Gasteiger partial charge in [0.25, 0.3) is 0 Å². The number of nitrogens with two attached hydrogens (primary N) is 1. The van der Waals surface area contributed by atoms with Crippen LogP contribution in [0.25, 0.3) is 0 Å². The van der Waals surface area contributed by atoms with Gasteiger partial charge in [-0.3, -0.25) is 0 Å². The minimum absolute atomic E-state index is 0.338. The monoisotopic (exact) mass is 271 g/mol. The van der Waals surface area contributed by atoms with Crippen LogP contribution in [0.1, 0.15) is 31.2 Å². The van der Waals surface area contributed by atoms with Crippen molar-refractivity contribution < 1.29 is 5.11 Å². The predicted octanol–water partition coefficient (Wildman–Crippen LogP) is 2.65. The van der Waals surface area contributed by atoms with Crippen molar-refractivity contribution in [3.05, 3.63) is 34.3 Å². The van der Waals surface area contributed by atoms with Crippen molar-refractivity contribution >= 4 is 15.9 Å². The van der Waals surface area contributed by atoms with Gasteiger partial charge >= 0.3 is 0 Å². The van der Waals surface area contributed by atoms with E-state index in [9.17, 15) is 5.11 Å². The Morgan fingerprint density at radius 3 is 2.73 bits per heavy atom. The number of aliphatic hydroxyl groups is 1. The van der Waals surface area contributed by atoms with E-state index in [1.165, 1.54) is 5.56 Å². The van der Waals surface area contributed by atoms with Gasteiger partial charge in [0.15, 0.2) is 0 Å². The highest BCUT2D eigenvalue weighted by Gasteiger charge is 2.13. The van der Waals surface area contributed by atoms with Gasteiger partial charge in [0.05, 0.1) is 6.10 Å². The molecule has 0 heterocycles. The van der Waals surface area contributed by atoms with Crippen LogP contribution in [-0.4, -0.2) is 17.8 Å². The maximum absolute atomic E-state index is 9.55. The first-order valence-electron chi connectivity index (χ1n) is 5.31. The van der Waals surface area contributed by atoms with Gasteiger partial charge in [-0.1, -0.05) is 35.0 Å². The summed E-state index contributed by atoms with van der Waals surface area (Å²) in [6, 6.07) is 8.24. The van der Waals surface area contributed by atoms with E-state index < -0.39 is 6.10 Å². The average molecular weight is 272 g/mol. The van der Waals surface area contributed by atoms with Crippen LogP contribution >= 0.6 is 15.9 Å². The fourth-order valence-corrected chi connectivity index (χ4v) is 2.14. The second-order valence-electron chi connectivity index (χ2n) is 3.79. The van der Waals surface area contributed by atoms with Gasteiger partial charge in [-0.05, 0) is 36.5 Å². The molecule has 0 aliphatic rings. The van der Waals surface area contributed by atoms with Gasteiger partial charge in [0.2, 0.25) is 0 Å². The Bertz CT molecular complexity index is 303. The van der Waals surface area contributed by atoms with Crippen molar-refractivity contribution in [2.75, 3.05) is 6.54 Å². The summed E-state index contributed by atoms with van der Waals surface area (Å²) in [7, 11) is 0. The summed E-state index contributed by atoms with van der Waals surface area (Å²) in [6.45, 7) is 2.47. The molecular formula is C12H18BrNO. The molecule has 0 radical (unpaired) electrons. The molecule has 1 aromatic carbocycles. The van der Waals surface area contributed by atoms with E-state index in [4.69, 9.17) is 5.73 Å². The number of halogens is 1. The normalized spacial score (nSPS) is 14.9. The summed E-state index contributed by atoms with van der Waals surface area (Å²) in [4.78, 5) is 0. The molecule has 0 aliphatic heterocycles. The summed E-state index contributed by atoms with van der Waals surface area (Å²) in [5.74, 6) is 0.390. The van der Waals surface area contributed by atoms with Crippen molar-refractivity contribution in [1.29, 1.82) is 0 Å². The van der Waals surface area contributed by atoms with E-state index in [1.54, 1.807) is 0 Å².